The largest absolute Gasteiger partial charge is 0.489 e. The molecule has 0 fully saturated rings. The average molecular weight is 330 g/mol. The van der Waals surface area contributed by atoms with Gasteiger partial charge in [0.15, 0.2) is 0 Å². The zero-order valence-electron chi connectivity index (χ0n) is 13.7. The van der Waals surface area contributed by atoms with Crippen LogP contribution < -0.4 is 10.5 Å². The fourth-order valence-corrected chi connectivity index (χ4v) is 2.34. The predicted octanol–water partition coefficient (Wildman–Crippen LogP) is 4.04. The molecule has 3 aromatic rings. The number of nitrogens with two attached hydrogens (primary N) is 1. The van der Waals surface area contributed by atoms with E-state index in [1.54, 1.807) is 12.3 Å². The van der Waals surface area contributed by atoms with E-state index in [9.17, 15) is 0 Å². The Hall–Kier alpha value is -3.47. The summed E-state index contributed by atoms with van der Waals surface area (Å²) in [4.78, 5) is 12.5. The molecule has 0 unspecified atom stereocenters. The van der Waals surface area contributed by atoms with E-state index in [1.807, 2.05) is 48.5 Å². The third kappa shape index (κ3) is 4.09. The van der Waals surface area contributed by atoms with Crippen LogP contribution in [0.5, 0.6) is 5.75 Å². The van der Waals surface area contributed by atoms with E-state index in [0.717, 1.165) is 22.4 Å². The summed E-state index contributed by atoms with van der Waals surface area (Å²) >= 11 is 0. The standard InChI is InChI=1S/C20H18N4O/c1-2-11-25-19-10-6-5-9-18(19)17-8-4-3-7-15(17)12-22-20-23-13-16(21)14-24-20/h2-10,12-14H,1,11,21H2/b22-12+. The summed E-state index contributed by atoms with van der Waals surface area (Å²) < 4.78 is 5.77. The van der Waals surface area contributed by atoms with Crippen molar-refractivity contribution in [3.05, 3.63) is 79.1 Å². The molecule has 0 aliphatic heterocycles. The smallest absolute Gasteiger partial charge is 0.249 e. The van der Waals surface area contributed by atoms with Gasteiger partial charge in [0.1, 0.15) is 12.4 Å². The maximum atomic E-state index is 5.77. The molecule has 3 rings (SSSR count). The number of anilines is 1. The van der Waals surface area contributed by atoms with E-state index in [0.29, 0.717) is 18.2 Å². The first kappa shape index (κ1) is 16.4. The highest BCUT2D eigenvalue weighted by atomic mass is 16.5. The number of nitrogens with zero attached hydrogens (tertiary/aromatic N) is 3. The number of ether oxygens (including phenoxy) is 1. The summed E-state index contributed by atoms with van der Waals surface area (Å²) in [5, 5.41) is 0. The lowest BCUT2D eigenvalue weighted by atomic mass is 9.99. The van der Waals surface area contributed by atoms with E-state index < -0.39 is 0 Å². The zero-order valence-corrected chi connectivity index (χ0v) is 13.7. The van der Waals surface area contributed by atoms with Gasteiger partial charge in [-0.05, 0) is 11.6 Å². The SMILES string of the molecule is C=CCOc1ccccc1-c1ccccc1/C=N/c1ncc(N)cn1. The highest BCUT2D eigenvalue weighted by molar-refractivity contribution is 5.92. The minimum atomic E-state index is 0.361. The second-order valence-electron chi connectivity index (χ2n) is 5.26. The second-order valence-corrected chi connectivity index (χ2v) is 5.26. The molecule has 0 spiro atoms. The molecule has 0 amide bonds. The molecule has 0 aliphatic rings. The van der Waals surface area contributed by atoms with Crippen LogP contribution in [0.1, 0.15) is 5.56 Å². The Morgan fingerprint density at radius 1 is 1.00 bits per heavy atom. The molecular weight excluding hydrogens is 312 g/mol. The molecule has 2 aromatic carbocycles. The van der Waals surface area contributed by atoms with Crippen LogP contribution in [0.15, 0.2) is 78.6 Å². The molecule has 0 atom stereocenters. The van der Waals surface area contributed by atoms with Crippen LogP contribution >= 0.6 is 0 Å². The van der Waals surface area contributed by atoms with Crippen molar-refractivity contribution in [1.29, 1.82) is 0 Å². The lowest BCUT2D eigenvalue weighted by Gasteiger charge is -2.12. The van der Waals surface area contributed by atoms with Gasteiger partial charge in [0.05, 0.1) is 18.1 Å². The molecule has 0 saturated carbocycles. The van der Waals surface area contributed by atoms with Crippen LogP contribution in [0, 0.1) is 0 Å². The van der Waals surface area contributed by atoms with E-state index in [-0.39, 0.29) is 0 Å². The van der Waals surface area contributed by atoms with Crippen molar-refractivity contribution in [3.8, 4) is 16.9 Å². The monoisotopic (exact) mass is 330 g/mol. The van der Waals surface area contributed by atoms with Crippen molar-refractivity contribution < 1.29 is 4.74 Å². The Morgan fingerprint density at radius 2 is 1.68 bits per heavy atom. The summed E-state index contributed by atoms with van der Waals surface area (Å²) in [5.74, 6) is 1.16. The number of hydrogen-bond acceptors (Lipinski definition) is 5. The summed E-state index contributed by atoms with van der Waals surface area (Å²) in [5.41, 5.74) is 9.05. The third-order valence-corrected chi connectivity index (χ3v) is 3.47. The fourth-order valence-electron chi connectivity index (χ4n) is 2.34. The number of nitrogen functional groups attached to an aromatic ring is 1. The normalized spacial score (nSPS) is 10.7. The van der Waals surface area contributed by atoms with Gasteiger partial charge in [-0.25, -0.2) is 15.0 Å². The van der Waals surface area contributed by atoms with Crippen LogP contribution in [0.2, 0.25) is 0 Å². The van der Waals surface area contributed by atoms with Gasteiger partial charge in [0.2, 0.25) is 5.95 Å². The van der Waals surface area contributed by atoms with Gasteiger partial charge in [-0.3, -0.25) is 0 Å². The first-order valence-corrected chi connectivity index (χ1v) is 7.81. The summed E-state index contributed by atoms with van der Waals surface area (Å²) in [6.45, 7) is 4.15. The van der Waals surface area contributed by atoms with E-state index in [4.69, 9.17) is 10.5 Å². The quantitative estimate of drug-likeness (QED) is 0.547. The molecule has 5 nitrogen and oxygen atoms in total. The molecule has 5 heteroatoms. The minimum Gasteiger partial charge on any atom is -0.489 e. The maximum Gasteiger partial charge on any atom is 0.249 e. The van der Waals surface area contributed by atoms with Crippen molar-refractivity contribution in [2.45, 2.75) is 0 Å². The first-order chi connectivity index (χ1) is 12.3. The van der Waals surface area contributed by atoms with Gasteiger partial charge in [0.25, 0.3) is 0 Å². The van der Waals surface area contributed by atoms with Gasteiger partial charge in [-0.1, -0.05) is 55.1 Å². The van der Waals surface area contributed by atoms with E-state index >= 15 is 0 Å². The molecular formula is C20H18N4O. The number of aromatic nitrogens is 2. The lowest BCUT2D eigenvalue weighted by molar-refractivity contribution is 0.365. The summed E-state index contributed by atoms with van der Waals surface area (Å²) in [6.07, 6.45) is 6.53. The van der Waals surface area contributed by atoms with Gasteiger partial charge < -0.3 is 10.5 Å². The number of aliphatic imine (C=N–C) groups is 1. The van der Waals surface area contributed by atoms with Crippen molar-refractivity contribution in [2.75, 3.05) is 12.3 Å². The molecule has 124 valence electrons. The van der Waals surface area contributed by atoms with E-state index in [2.05, 4.69) is 21.5 Å². The lowest BCUT2D eigenvalue weighted by Crippen LogP contribution is -1.96. The Labute approximate surface area is 146 Å². The number of hydrogen-bond donors (Lipinski definition) is 1. The Bertz CT molecular complexity index is 888. The average Bonchev–Trinajstić information content (AvgIpc) is 2.66. The number of rotatable bonds is 6. The van der Waals surface area contributed by atoms with Crippen molar-refractivity contribution in [2.24, 2.45) is 4.99 Å². The molecule has 1 heterocycles. The molecule has 25 heavy (non-hydrogen) atoms. The molecule has 1 aromatic heterocycles. The topological polar surface area (TPSA) is 73.4 Å². The van der Waals surface area contributed by atoms with Gasteiger partial charge in [-0.2, -0.15) is 0 Å². The van der Waals surface area contributed by atoms with Gasteiger partial charge >= 0.3 is 0 Å². The van der Waals surface area contributed by atoms with Gasteiger partial charge in [-0.15, -0.1) is 0 Å². The molecule has 0 bridgehead atoms. The maximum absolute atomic E-state index is 5.77. The molecule has 0 aliphatic carbocycles. The van der Waals surface area contributed by atoms with Crippen LogP contribution in [0.4, 0.5) is 11.6 Å². The Kier molecular flexibility index (Phi) is 5.16. The molecule has 0 radical (unpaired) electrons. The van der Waals surface area contributed by atoms with Crippen molar-refractivity contribution >= 4 is 17.9 Å². The molecule has 0 saturated heterocycles. The minimum absolute atomic E-state index is 0.361. The van der Waals surface area contributed by atoms with Crippen molar-refractivity contribution in [1.82, 2.24) is 9.97 Å². The highest BCUT2D eigenvalue weighted by Gasteiger charge is 2.09. The predicted molar refractivity (Wildman–Crippen MR) is 101 cm³/mol. The zero-order chi connectivity index (χ0) is 17.5. The number of benzene rings is 2. The van der Waals surface area contributed by atoms with Gasteiger partial charge in [0, 0.05) is 17.3 Å². The fraction of sp³-hybridized carbons (Fsp3) is 0.0500. The third-order valence-electron chi connectivity index (χ3n) is 3.47. The van der Waals surface area contributed by atoms with Crippen LogP contribution in [0.3, 0.4) is 0 Å². The van der Waals surface area contributed by atoms with Crippen LogP contribution in [-0.2, 0) is 0 Å². The number of para-hydroxylation sites is 1. The second kappa shape index (κ2) is 7.88. The highest BCUT2D eigenvalue weighted by Crippen LogP contribution is 2.31. The Morgan fingerprint density at radius 3 is 2.44 bits per heavy atom. The van der Waals surface area contributed by atoms with Crippen LogP contribution in [0.25, 0.3) is 11.1 Å². The van der Waals surface area contributed by atoms with Crippen LogP contribution in [-0.4, -0.2) is 22.8 Å². The first-order valence-electron chi connectivity index (χ1n) is 7.81. The molecule has 2 N–H and O–H groups in total. The summed E-state index contributed by atoms with van der Waals surface area (Å²) in [6, 6.07) is 15.8. The summed E-state index contributed by atoms with van der Waals surface area (Å²) in [7, 11) is 0. The van der Waals surface area contributed by atoms with Crippen molar-refractivity contribution in [3.63, 3.8) is 0 Å². The Balaban J connectivity index is 1.96. The van der Waals surface area contributed by atoms with E-state index in [1.165, 1.54) is 12.4 Å².